The Morgan fingerprint density at radius 2 is 1.68 bits per heavy atom. The third kappa shape index (κ3) is 5.32. The van der Waals surface area contributed by atoms with E-state index in [1.165, 1.54) is 0 Å². The summed E-state index contributed by atoms with van der Waals surface area (Å²) in [6.45, 7) is 0. The summed E-state index contributed by atoms with van der Waals surface area (Å²) in [7, 11) is 0. The van der Waals surface area contributed by atoms with Gasteiger partial charge < -0.3 is 16.4 Å². The number of carbonyl (C=O) groups excluding carboxylic acids is 2. The number of nitrogens with one attached hydrogen (secondary N) is 2. The molecule has 0 saturated heterocycles. The average molecular weight is 432 g/mol. The fourth-order valence-corrected chi connectivity index (χ4v) is 3.32. The Morgan fingerprint density at radius 1 is 0.935 bits per heavy atom. The average Bonchev–Trinajstić information content (AvgIpc) is 3.58. The van der Waals surface area contributed by atoms with Crippen molar-refractivity contribution in [2.24, 2.45) is 0 Å². The second kappa shape index (κ2) is 9.06. The molecular formula is C25H22ClN3O2. The molecule has 1 aliphatic rings. The highest BCUT2D eigenvalue weighted by atomic mass is 35.5. The van der Waals surface area contributed by atoms with Crippen molar-refractivity contribution in [3.05, 3.63) is 94.5 Å². The van der Waals surface area contributed by atoms with Crippen LogP contribution >= 0.6 is 11.6 Å². The Morgan fingerprint density at radius 3 is 2.35 bits per heavy atom. The molecule has 0 bridgehead atoms. The predicted octanol–water partition coefficient (Wildman–Crippen LogP) is 4.99. The lowest BCUT2D eigenvalue weighted by Gasteiger charge is -2.10. The van der Waals surface area contributed by atoms with Crippen LogP contribution in [0.5, 0.6) is 0 Å². The highest BCUT2D eigenvalue weighted by Gasteiger charge is 2.25. The molecule has 0 radical (unpaired) electrons. The smallest absolute Gasteiger partial charge is 0.255 e. The van der Waals surface area contributed by atoms with Crippen molar-refractivity contribution >= 4 is 46.4 Å². The van der Waals surface area contributed by atoms with Gasteiger partial charge in [-0.05, 0) is 66.4 Å². The molecule has 6 heteroatoms. The van der Waals surface area contributed by atoms with Crippen molar-refractivity contribution in [2.45, 2.75) is 18.9 Å². The second-order valence-electron chi connectivity index (χ2n) is 7.48. The lowest BCUT2D eigenvalue weighted by Crippen LogP contribution is -2.26. The number of para-hydroxylation sites is 2. The molecule has 5 nitrogen and oxygen atoms in total. The maximum Gasteiger partial charge on any atom is 0.255 e. The van der Waals surface area contributed by atoms with E-state index in [-0.39, 0.29) is 17.9 Å². The Balaban J connectivity index is 1.57. The molecule has 0 heterocycles. The zero-order chi connectivity index (χ0) is 21.8. The first-order valence-corrected chi connectivity index (χ1v) is 10.4. The quantitative estimate of drug-likeness (QED) is 0.292. The van der Waals surface area contributed by atoms with Crippen molar-refractivity contribution in [2.75, 3.05) is 11.1 Å². The lowest BCUT2D eigenvalue weighted by atomic mass is 10.0. The summed E-state index contributed by atoms with van der Waals surface area (Å²) >= 11 is 6.14. The molecule has 4 N–H and O–H groups in total. The molecule has 2 amide bonds. The summed E-state index contributed by atoms with van der Waals surface area (Å²) in [5.41, 5.74) is 9.53. The molecule has 1 fully saturated rings. The van der Waals surface area contributed by atoms with E-state index in [1.54, 1.807) is 54.6 Å². The Hall–Kier alpha value is -3.57. The first-order chi connectivity index (χ1) is 15.0. The number of rotatable bonds is 6. The van der Waals surface area contributed by atoms with Crippen LogP contribution in [0.25, 0.3) is 11.6 Å². The molecule has 4 rings (SSSR count). The van der Waals surface area contributed by atoms with Gasteiger partial charge in [0.15, 0.2) is 0 Å². The van der Waals surface area contributed by atoms with Crippen LogP contribution in [-0.2, 0) is 4.79 Å². The predicted molar refractivity (Wildman–Crippen MR) is 126 cm³/mol. The van der Waals surface area contributed by atoms with Crippen molar-refractivity contribution in [3.63, 3.8) is 0 Å². The van der Waals surface area contributed by atoms with Crippen LogP contribution in [0.15, 0.2) is 72.8 Å². The molecule has 31 heavy (non-hydrogen) atoms. The third-order valence-corrected chi connectivity index (χ3v) is 5.22. The van der Waals surface area contributed by atoms with Gasteiger partial charge in [0.05, 0.1) is 11.4 Å². The van der Waals surface area contributed by atoms with Gasteiger partial charge in [0.25, 0.3) is 11.8 Å². The minimum atomic E-state index is -0.255. The van der Waals surface area contributed by atoms with Gasteiger partial charge in [-0.2, -0.15) is 0 Å². The minimum absolute atomic E-state index is 0.133. The molecule has 3 aromatic carbocycles. The molecule has 0 aliphatic heterocycles. The fraction of sp³-hybridized carbons (Fsp3) is 0.120. The zero-order valence-electron chi connectivity index (χ0n) is 16.8. The van der Waals surface area contributed by atoms with E-state index in [9.17, 15) is 9.59 Å². The monoisotopic (exact) mass is 431 g/mol. The first-order valence-electron chi connectivity index (χ1n) is 10.0. The van der Waals surface area contributed by atoms with Gasteiger partial charge in [-0.15, -0.1) is 0 Å². The van der Waals surface area contributed by atoms with Gasteiger partial charge >= 0.3 is 0 Å². The minimum Gasteiger partial charge on any atom is -0.397 e. The Bertz CT molecular complexity index is 1150. The number of hydrogen-bond donors (Lipinski definition) is 3. The van der Waals surface area contributed by atoms with Crippen LogP contribution in [-0.4, -0.2) is 17.9 Å². The van der Waals surface area contributed by atoms with E-state index >= 15 is 0 Å². The topological polar surface area (TPSA) is 84.2 Å². The molecule has 3 aromatic rings. The highest BCUT2D eigenvalue weighted by Crippen LogP contribution is 2.25. The van der Waals surface area contributed by atoms with Crippen LogP contribution < -0.4 is 16.4 Å². The molecule has 0 spiro atoms. The number of nitrogens with two attached hydrogens (primary N) is 1. The van der Waals surface area contributed by atoms with Crippen molar-refractivity contribution in [1.82, 2.24) is 5.32 Å². The largest absolute Gasteiger partial charge is 0.397 e. The molecular weight excluding hydrogens is 410 g/mol. The summed E-state index contributed by atoms with van der Waals surface area (Å²) in [5, 5.41) is 6.40. The lowest BCUT2D eigenvalue weighted by molar-refractivity contribution is -0.115. The van der Waals surface area contributed by atoms with Crippen molar-refractivity contribution in [3.8, 4) is 0 Å². The van der Waals surface area contributed by atoms with Crippen LogP contribution in [0.2, 0.25) is 5.02 Å². The van der Waals surface area contributed by atoms with Crippen LogP contribution in [0, 0.1) is 0 Å². The maximum atomic E-state index is 12.8. The van der Waals surface area contributed by atoms with Crippen LogP contribution in [0.4, 0.5) is 11.4 Å². The normalized spacial score (nSPS) is 13.5. The third-order valence-electron chi connectivity index (χ3n) is 4.99. The molecule has 1 saturated carbocycles. The maximum absolute atomic E-state index is 12.8. The number of hydrogen-bond acceptors (Lipinski definition) is 3. The SMILES string of the molecule is Nc1ccccc1NC(=O)c1ccc(/C=C(\C(=O)NC2CC2)c2cccc(Cl)c2)cc1. The summed E-state index contributed by atoms with van der Waals surface area (Å²) < 4.78 is 0. The molecule has 156 valence electrons. The molecule has 1 aliphatic carbocycles. The number of halogens is 1. The summed E-state index contributed by atoms with van der Waals surface area (Å²) in [6.07, 6.45) is 3.81. The molecule has 0 aromatic heterocycles. The van der Waals surface area contributed by atoms with Crippen molar-refractivity contribution in [1.29, 1.82) is 0 Å². The Labute approximate surface area is 185 Å². The number of nitrogen functional groups attached to an aromatic ring is 1. The van der Waals surface area contributed by atoms with E-state index in [4.69, 9.17) is 17.3 Å². The van der Waals surface area contributed by atoms with Gasteiger partial charge in [-0.25, -0.2) is 0 Å². The van der Waals surface area contributed by atoms with E-state index < -0.39 is 0 Å². The fourth-order valence-electron chi connectivity index (χ4n) is 3.13. The zero-order valence-corrected chi connectivity index (χ0v) is 17.5. The van der Waals surface area contributed by atoms with E-state index in [1.807, 2.05) is 24.3 Å². The Kier molecular flexibility index (Phi) is 6.05. The number of anilines is 2. The number of amides is 2. The van der Waals surface area contributed by atoms with E-state index in [0.29, 0.717) is 27.5 Å². The highest BCUT2D eigenvalue weighted by molar-refractivity contribution is 6.31. The van der Waals surface area contributed by atoms with Crippen LogP contribution in [0.1, 0.15) is 34.3 Å². The molecule has 0 atom stereocenters. The second-order valence-corrected chi connectivity index (χ2v) is 7.92. The first kappa shape index (κ1) is 20.7. The van der Waals surface area contributed by atoms with E-state index in [2.05, 4.69) is 10.6 Å². The van der Waals surface area contributed by atoms with Gasteiger partial charge in [0, 0.05) is 22.2 Å². The van der Waals surface area contributed by atoms with Gasteiger partial charge in [0.1, 0.15) is 0 Å². The summed E-state index contributed by atoms with van der Waals surface area (Å²) in [5.74, 6) is -0.388. The molecule has 0 unspecified atom stereocenters. The van der Waals surface area contributed by atoms with E-state index in [0.717, 1.165) is 24.0 Å². The summed E-state index contributed by atoms with van der Waals surface area (Å²) in [4.78, 5) is 25.4. The number of benzene rings is 3. The van der Waals surface area contributed by atoms with Gasteiger partial charge in [-0.1, -0.05) is 48.0 Å². The van der Waals surface area contributed by atoms with Gasteiger partial charge in [-0.3, -0.25) is 9.59 Å². The van der Waals surface area contributed by atoms with Crippen LogP contribution in [0.3, 0.4) is 0 Å². The summed E-state index contributed by atoms with van der Waals surface area (Å²) in [6, 6.07) is 21.6. The number of carbonyl (C=O) groups is 2. The van der Waals surface area contributed by atoms with Crippen molar-refractivity contribution < 1.29 is 9.59 Å². The standard InChI is InChI=1S/C25H22ClN3O2/c26-19-5-3-4-18(15-19)21(25(31)28-20-12-13-20)14-16-8-10-17(11-9-16)24(30)29-23-7-2-1-6-22(23)27/h1-11,14-15,20H,12-13,27H2,(H,28,31)(H,29,30)/b21-14-. The van der Waals surface area contributed by atoms with Gasteiger partial charge in [0.2, 0.25) is 0 Å².